The van der Waals surface area contributed by atoms with E-state index in [4.69, 9.17) is 5.11 Å². The largest absolute Gasteiger partial charge is 0.480 e. The van der Waals surface area contributed by atoms with Gasteiger partial charge in [-0.3, -0.25) is 4.79 Å². The number of aromatic amines is 1. The number of imidazole rings is 1. The van der Waals surface area contributed by atoms with E-state index in [0.717, 1.165) is 0 Å². The molecule has 6 heteroatoms. The molecule has 0 radical (unpaired) electrons. The predicted molar refractivity (Wildman–Crippen MR) is 61.3 cm³/mol. The third-order valence-corrected chi connectivity index (χ3v) is 2.26. The van der Waals surface area contributed by atoms with Crippen LogP contribution in [0.5, 0.6) is 0 Å². The molecule has 0 spiro atoms. The van der Waals surface area contributed by atoms with Crippen LogP contribution in [0.25, 0.3) is 0 Å². The highest BCUT2D eigenvalue weighted by Gasteiger charge is 2.27. The molecule has 0 aromatic carbocycles. The Morgan fingerprint density at radius 3 is 2.59 bits per heavy atom. The van der Waals surface area contributed by atoms with Crippen LogP contribution in [-0.2, 0) is 16.0 Å². The van der Waals surface area contributed by atoms with Crippen molar-refractivity contribution in [2.75, 3.05) is 0 Å². The summed E-state index contributed by atoms with van der Waals surface area (Å²) in [4.78, 5) is 29.4. The van der Waals surface area contributed by atoms with Crippen LogP contribution < -0.4 is 5.32 Å². The number of carboxylic acid groups (broad SMARTS) is 1. The van der Waals surface area contributed by atoms with Crippen molar-refractivity contribution in [2.24, 2.45) is 5.41 Å². The minimum atomic E-state index is -1.06. The number of nitrogens with one attached hydrogen (secondary N) is 2. The monoisotopic (exact) mass is 239 g/mol. The van der Waals surface area contributed by atoms with Crippen LogP contribution in [0.3, 0.4) is 0 Å². The highest BCUT2D eigenvalue weighted by atomic mass is 16.4. The summed E-state index contributed by atoms with van der Waals surface area (Å²) in [5.74, 6) is -1.35. The van der Waals surface area contributed by atoms with Gasteiger partial charge in [0.2, 0.25) is 5.91 Å². The Kier molecular flexibility index (Phi) is 3.88. The molecular formula is C11H17N3O3. The van der Waals surface area contributed by atoms with E-state index in [0.29, 0.717) is 5.69 Å². The highest BCUT2D eigenvalue weighted by molar-refractivity contribution is 5.86. The SMILES string of the molecule is CC(C)(C)C(=O)N[C@@H](Cc1cnc[nH]1)C(=O)O. The zero-order valence-corrected chi connectivity index (χ0v) is 10.2. The van der Waals surface area contributed by atoms with Gasteiger partial charge in [-0.1, -0.05) is 20.8 Å². The van der Waals surface area contributed by atoms with Crippen molar-refractivity contribution in [2.45, 2.75) is 33.2 Å². The van der Waals surface area contributed by atoms with E-state index >= 15 is 0 Å². The fourth-order valence-electron chi connectivity index (χ4n) is 1.19. The summed E-state index contributed by atoms with van der Waals surface area (Å²) in [6.45, 7) is 5.20. The number of carbonyl (C=O) groups excluding carboxylic acids is 1. The molecule has 1 atom stereocenters. The number of hydrogen-bond acceptors (Lipinski definition) is 3. The van der Waals surface area contributed by atoms with Gasteiger partial charge in [0, 0.05) is 23.7 Å². The Balaban J connectivity index is 2.68. The molecule has 0 fully saturated rings. The Bertz CT molecular complexity index is 393. The molecule has 1 amide bonds. The lowest BCUT2D eigenvalue weighted by Crippen LogP contribution is -2.46. The Labute approximate surface area is 99.4 Å². The third kappa shape index (κ3) is 3.90. The van der Waals surface area contributed by atoms with E-state index in [2.05, 4.69) is 15.3 Å². The average Bonchev–Trinajstić information content (AvgIpc) is 2.67. The number of carboxylic acids is 1. The number of nitrogens with zero attached hydrogens (tertiary/aromatic N) is 1. The maximum Gasteiger partial charge on any atom is 0.326 e. The molecule has 0 saturated carbocycles. The second-order valence-electron chi connectivity index (χ2n) is 4.90. The molecule has 1 heterocycles. The third-order valence-electron chi connectivity index (χ3n) is 2.26. The van der Waals surface area contributed by atoms with Crippen molar-refractivity contribution in [3.63, 3.8) is 0 Å². The molecule has 0 saturated heterocycles. The number of carbonyl (C=O) groups is 2. The van der Waals surface area contributed by atoms with E-state index in [-0.39, 0.29) is 12.3 Å². The lowest BCUT2D eigenvalue weighted by Gasteiger charge is -2.21. The first kappa shape index (κ1) is 13.2. The lowest BCUT2D eigenvalue weighted by molar-refractivity contribution is -0.143. The van der Waals surface area contributed by atoms with Crippen LogP contribution >= 0.6 is 0 Å². The van der Waals surface area contributed by atoms with E-state index in [9.17, 15) is 9.59 Å². The van der Waals surface area contributed by atoms with Gasteiger partial charge in [-0.25, -0.2) is 9.78 Å². The van der Waals surface area contributed by atoms with Gasteiger partial charge in [0.1, 0.15) is 6.04 Å². The first-order valence-corrected chi connectivity index (χ1v) is 5.31. The fourth-order valence-corrected chi connectivity index (χ4v) is 1.19. The highest BCUT2D eigenvalue weighted by Crippen LogP contribution is 2.13. The van der Waals surface area contributed by atoms with Crippen molar-refractivity contribution in [1.29, 1.82) is 0 Å². The lowest BCUT2D eigenvalue weighted by atomic mass is 9.95. The molecule has 6 nitrogen and oxygen atoms in total. The molecule has 0 bridgehead atoms. The Morgan fingerprint density at radius 2 is 2.18 bits per heavy atom. The zero-order valence-electron chi connectivity index (χ0n) is 10.2. The molecule has 1 aromatic rings. The summed E-state index contributed by atoms with van der Waals surface area (Å²) in [6, 6.07) is -0.942. The molecule has 1 rings (SSSR count). The average molecular weight is 239 g/mol. The predicted octanol–water partition coefficient (Wildman–Crippen LogP) is 0.568. The van der Waals surface area contributed by atoms with Gasteiger partial charge in [0.15, 0.2) is 0 Å². The van der Waals surface area contributed by atoms with E-state index in [1.54, 1.807) is 27.0 Å². The molecule has 1 aromatic heterocycles. The van der Waals surface area contributed by atoms with Crippen molar-refractivity contribution in [3.8, 4) is 0 Å². The van der Waals surface area contributed by atoms with E-state index in [1.165, 1.54) is 6.33 Å². The minimum Gasteiger partial charge on any atom is -0.480 e. The Morgan fingerprint density at radius 1 is 1.53 bits per heavy atom. The van der Waals surface area contributed by atoms with E-state index in [1.807, 2.05) is 0 Å². The summed E-state index contributed by atoms with van der Waals surface area (Å²) in [7, 11) is 0. The van der Waals surface area contributed by atoms with Gasteiger partial charge in [0.05, 0.1) is 6.33 Å². The fraction of sp³-hybridized carbons (Fsp3) is 0.545. The summed E-state index contributed by atoms with van der Waals surface area (Å²) >= 11 is 0. The van der Waals surface area contributed by atoms with Gasteiger partial charge >= 0.3 is 5.97 Å². The molecule has 17 heavy (non-hydrogen) atoms. The van der Waals surface area contributed by atoms with Gasteiger partial charge in [-0.15, -0.1) is 0 Å². The summed E-state index contributed by atoms with van der Waals surface area (Å²) in [6.07, 6.45) is 3.20. The first-order chi connectivity index (χ1) is 7.80. The number of H-pyrrole nitrogens is 1. The van der Waals surface area contributed by atoms with Crippen LogP contribution in [-0.4, -0.2) is 33.0 Å². The number of rotatable bonds is 4. The van der Waals surface area contributed by atoms with Crippen molar-refractivity contribution < 1.29 is 14.7 Å². The van der Waals surface area contributed by atoms with Gasteiger partial charge in [-0.2, -0.15) is 0 Å². The van der Waals surface area contributed by atoms with Crippen molar-refractivity contribution in [3.05, 3.63) is 18.2 Å². The van der Waals surface area contributed by atoms with Gasteiger partial charge in [-0.05, 0) is 0 Å². The first-order valence-electron chi connectivity index (χ1n) is 5.31. The number of aromatic nitrogens is 2. The topological polar surface area (TPSA) is 95.1 Å². The zero-order chi connectivity index (χ0) is 13.1. The van der Waals surface area contributed by atoms with Crippen LogP contribution in [0.2, 0.25) is 0 Å². The molecule has 0 unspecified atom stereocenters. The summed E-state index contributed by atoms with van der Waals surface area (Å²) in [5, 5.41) is 11.5. The van der Waals surface area contributed by atoms with Crippen LogP contribution in [0.15, 0.2) is 12.5 Å². The van der Waals surface area contributed by atoms with Gasteiger partial charge in [0.25, 0.3) is 0 Å². The molecule has 0 aliphatic heterocycles. The molecule has 3 N–H and O–H groups in total. The number of aliphatic carboxylic acids is 1. The second-order valence-corrected chi connectivity index (χ2v) is 4.90. The molecule has 0 aliphatic carbocycles. The quantitative estimate of drug-likeness (QED) is 0.715. The van der Waals surface area contributed by atoms with Crippen LogP contribution in [0, 0.1) is 5.41 Å². The molecule has 0 aliphatic rings. The smallest absolute Gasteiger partial charge is 0.326 e. The second kappa shape index (κ2) is 4.99. The standard InChI is InChI=1S/C11H17N3O3/c1-11(2,3)10(17)14-8(9(15)16)4-7-5-12-6-13-7/h5-6,8H,4H2,1-3H3,(H,12,13)(H,14,17)(H,15,16)/t8-/m0/s1. The van der Waals surface area contributed by atoms with Crippen molar-refractivity contribution >= 4 is 11.9 Å². The molecular weight excluding hydrogens is 222 g/mol. The molecule has 94 valence electrons. The Hall–Kier alpha value is -1.85. The maximum absolute atomic E-state index is 11.7. The van der Waals surface area contributed by atoms with Crippen LogP contribution in [0.4, 0.5) is 0 Å². The van der Waals surface area contributed by atoms with E-state index < -0.39 is 17.4 Å². The summed E-state index contributed by atoms with van der Waals surface area (Å²) < 4.78 is 0. The van der Waals surface area contributed by atoms with Crippen molar-refractivity contribution in [1.82, 2.24) is 15.3 Å². The van der Waals surface area contributed by atoms with Crippen LogP contribution in [0.1, 0.15) is 26.5 Å². The maximum atomic E-state index is 11.7. The van der Waals surface area contributed by atoms with Gasteiger partial charge < -0.3 is 15.4 Å². The number of hydrogen-bond donors (Lipinski definition) is 3. The summed E-state index contributed by atoms with van der Waals surface area (Å²) in [5.41, 5.74) is 0.0633. The minimum absolute atomic E-state index is 0.192. The number of amides is 1. The normalized spacial score (nSPS) is 13.1.